The number of benzene rings is 2. The first-order chi connectivity index (χ1) is 13.6. The highest BCUT2D eigenvalue weighted by Gasteiger charge is 2.63. The number of carbonyl (C=O) groups excluding carboxylic acids is 1. The molecule has 1 fully saturated rings. The Morgan fingerprint density at radius 3 is 2.41 bits per heavy atom. The van der Waals surface area contributed by atoms with Crippen molar-refractivity contribution in [3.63, 3.8) is 0 Å². The van der Waals surface area contributed by atoms with Crippen molar-refractivity contribution in [3.05, 3.63) is 60.2 Å². The molecule has 0 radical (unpaired) electrons. The lowest BCUT2D eigenvalue weighted by atomic mass is 10.1. The molecule has 0 saturated heterocycles. The zero-order valence-electron chi connectivity index (χ0n) is 16.1. The molecular formula is C23H21Br3O3. The first-order valence-corrected chi connectivity index (χ1v) is 11.6. The number of esters is 1. The number of hydrogen-bond acceptors (Lipinski definition) is 3. The van der Waals surface area contributed by atoms with E-state index in [1.807, 2.05) is 48.5 Å². The number of ether oxygens (including phenoxy) is 2. The molecule has 1 unspecified atom stereocenters. The van der Waals surface area contributed by atoms with E-state index in [4.69, 9.17) is 15.9 Å². The Balaban J connectivity index is 1.70. The molecule has 0 aromatic heterocycles. The van der Waals surface area contributed by atoms with Crippen molar-refractivity contribution in [2.75, 3.05) is 0 Å². The van der Waals surface area contributed by atoms with Crippen molar-refractivity contribution in [1.82, 2.24) is 0 Å². The molecule has 2 aromatic rings. The van der Waals surface area contributed by atoms with Gasteiger partial charge in [0.15, 0.2) is 6.10 Å². The highest BCUT2D eigenvalue weighted by Crippen LogP contribution is 2.64. The van der Waals surface area contributed by atoms with Crippen LogP contribution in [0.2, 0.25) is 0 Å². The second-order valence-electron chi connectivity index (χ2n) is 7.70. The van der Waals surface area contributed by atoms with Crippen molar-refractivity contribution < 1.29 is 14.3 Å². The van der Waals surface area contributed by atoms with Gasteiger partial charge in [-0.15, -0.1) is 6.42 Å². The van der Waals surface area contributed by atoms with Gasteiger partial charge in [-0.3, -0.25) is 4.79 Å². The van der Waals surface area contributed by atoms with E-state index in [1.165, 1.54) is 0 Å². The van der Waals surface area contributed by atoms with E-state index in [2.05, 4.69) is 67.6 Å². The lowest BCUT2D eigenvalue weighted by Gasteiger charge is -2.15. The van der Waals surface area contributed by atoms with Gasteiger partial charge in [0, 0.05) is 5.56 Å². The fraction of sp³-hybridized carbons (Fsp3) is 0.348. The standard InChI is InChI=1S/C23H21Br3O3/c1-4-19(29-21(27)20-18(22(20,2)3)14-23(24,25)26)15-9-8-12-17(13-15)28-16-10-6-5-7-11-16/h1,5-13,18-20H,14H2,2-3H3/t18-,19?,20-/m0/s1. The zero-order chi connectivity index (χ0) is 21.2. The third kappa shape index (κ3) is 5.65. The van der Waals surface area contributed by atoms with Crippen LogP contribution in [0.15, 0.2) is 54.6 Å². The lowest BCUT2D eigenvalue weighted by molar-refractivity contribution is -0.149. The van der Waals surface area contributed by atoms with Gasteiger partial charge in [-0.05, 0) is 42.0 Å². The molecule has 0 amide bonds. The van der Waals surface area contributed by atoms with Gasteiger partial charge >= 0.3 is 5.97 Å². The van der Waals surface area contributed by atoms with Crippen LogP contribution in [0, 0.1) is 29.6 Å². The molecule has 0 bridgehead atoms. The largest absolute Gasteiger partial charge is 0.457 e. The molecule has 1 aliphatic carbocycles. The van der Waals surface area contributed by atoms with E-state index < -0.39 is 8.25 Å². The molecule has 6 heteroatoms. The van der Waals surface area contributed by atoms with Crippen LogP contribution in [0.1, 0.15) is 31.9 Å². The summed E-state index contributed by atoms with van der Waals surface area (Å²) < 4.78 is 11.2. The SMILES string of the molecule is C#CC(OC(=O)[C@@H]1[C@H](CC(Br)(Br)Br)C1(C)C)c1cccc(Oc2ccccc2)c1. The summed E-state index contributed by atoms with van der Waals surface area (Å²) in [5, 5.41) is 0. The fourth-order valence-corrected chi connectivity index (χ4v) is 4.64. The molecule has 152 valence electrons. The third-order valence-corrected chi connectivity index (χ3v) is 6.25. The summed E-state index contributed by atoms with van der Waals surface area (Å²) in [4.78, 5) is 12.8. The zero-order valence-corrected chi connectivity index (χ0v) is 20.8. The molecule has 3 nitrogen and oxygen atoms in total. The van der Waals surface area contributed by atoms with Crippen LogP contribution in [0.25, 0.3) is 0 Å². The van der Waals surface area contributed by atoms with Gasteiger partial charge in [-0.25, -0.2) is 0 Å². The summed E-state index contributed by atoms with van der Waals surface area (Å²) in [5.74, 6) is 3.66. The minimum absolute atomic E-state index is 0.144. The summed E-state index contributed by atoms with van der Waals surface area (Å²) in [7, 11) is 0. The van der Waals surface area contributed by atoms with Crippen LogP contribution in [0.5, 0.6) is 11.5 Å². The average molecular weight is 585 g/mol. The Labute approximate surface area is 196 Å². The maximum Gasteiger partial charge on any atom is 0.311 e. The van der Waals surface area contributed by atoms with Crippen LogP contribution in [0.4, 0.5) is 0 Å². The number of alkyl halides is 3. The highest BCUT2D eigenvalue weighted by molar-refractivity contribution is 9.39. The summed E-state index contributed by atoms with van der Waals surface area (Å²) in [5.41, 5.74) is 0.565. The number of para-hydroxylation sites is 1. The average Bonchev–Trinajstić information content (AvgIpc) is 3.18. The Morgan fingerprint density at radius 2 is 1.79 bits per heavy atom. The van der Waals surface area contributed by atoms with Gasteiger partial charge in [0.25, 0.3) is 0 Å². The van der Waals surface area contributed by atoms with Crippen molar-refractivity contribution >= 4 is 53.8 Å². The molecular weight excluding hydrogens is 564 g/mol. The van der Waals surface area contributed by atoms with Gasteiger partial charge in [0.1, 0.15) is 13.6 Å². The summed E-state index contributed by atoms with van der Waals surface area (Å²) in [6, 6.07) is 16.8. The first-order valence-electron chi connectivity index (χ1n) is 9.18. The molecule has 2 aromatic carbocycles. The Bertz CT molecular complexity index is 913. The number of rotatable bonds is 6. The number of halogens is 3. The Hall–Kier alpha value is -1.29. The van der Waals surface area contributed by atoms with Crippen LogP contribution in [-0.4, -0.2) is 8.11 Å². The molecule has 1 saturated carbocycles. The summed E-state index contributed by atoms with van der Waals surface area (Å²) in [6.07, 6.45) is 5.66. The first kappa shape index (κ1) is 22.4. The normalized spacial score (nSPS) is 21.0. The maximum absolute atomic E-state index is 12.8. The van der Waals surface area contributed by atoms with E-state index in [1.54, 1.807) is 6.07 Å². The molecule has 0 spiro atoms. The minimum atomic E-state index is -0.763. The van der Waals surface area contributed by atoms with E-state index in [0.717, 1.165) is 12.2 Å². The molecule has 0 aliphatic heterocycles. The Kier molecular flexibility index (Phi) is 6.82. The van der Waals surface area contributed by atoms with Crippen molar-refractivity contribution in [3.8, 4) is 23.8 Å². The van der Waals surface area contributed by atoms with E-state index in [9.17, 15) is 4.79 Å². The molecule has 0 heterocycles. The maximum atomic E-state index is 12.8. The predicted molar refractivity (Wildman–Crippen MR) is 126 cm³/mol. The van der Waals surface area contributed by atoms with Crippen LogP contribution in [-0.2, 0) is 9.53 Å². The molecule has 3 atom stereocenters. The monoisotopic (exact) mass is 582 g/mol. The highest BCUT2D eigenvalue weighted by atomic mass is 80.0. The van der Waals surface area contributed by atoms with Gasteiger partial charge in [0.05, 0.1) is 5.92 Å². The molecule has 29 heavy (non-hydrogen) atoms. The molecule has 1 aliphatic rings. The summed E-state index contributed by atoms with van der Waals surface area (Å²) >= 11 is 10.6. The van der Waals surface area contributed by atoms with Gasteiger partial charge < -0.3 is 9.47 Å². The van der Waals surface area contributed by atoms with Crippen LogP contribution >= 0.6 is 47.8 Å². The summed E-state index contributed by atoms with van der Waals surface area (Å²) in [6.45, 7) is 4.14. The predicted octanol–water partition coefficient (Wildman–Crippen LogP) is 7.20. The quantitative estimate of drug-likeness (QED) is 0.205. The topological polar surface area (TPSA) is 35.5 Å². The Morgan fingerprint density at radius 1 is 1.14 bits per heavy atom. The van der Waals surface area contributed by atoms with E-state index >= 15 is 0 Å². The van der Waals surface area contributed by atoms with Gasteiger partial charge in [-0.1, -0.05) is 97.9 Å². The van der Waals surface area contributed by atoms with Crippen LogP contribution in [0.3, 0.4) is 0 Å². The number of terminal acetylenes is 1. The van der Waals surface area contributed by atoms with Crippen LogP contribution < -0.4 is 4.74 Å². The van der Waals surface area contributed by atoms with Gasteiger partial charge in [-0.2, -0.15) is 0 Å². The second-order valence-corrected chi connectivity index (χ2v) is 14.9. The number of hydrogen-bond donors (Lipinski definition) is 0. The molecule has 0 N–H and O–H groups in total. The number of carbonyl (C=O) groups is 1. The lowest BCUT2D eigenvalue weighted by Crippen LogP contribution is -2.15. The van der Waals surface area contributed by atoms with Crippen molar-refractivity contribution in [1.29, 1.82) is 0 Å². The third-order valence-electron chi connectivity index (χ3n) is 5.28. The minimum Gasteiger partial charge on any atom is -0.457 e. The van der Waals surface area contributed by atoms with E-state index in [-0.39, 0.29) is 23.2 Å². The molecule has 3 rings (SSSR count). The van der Waals surface area contributed by atoms with Gasteiger partial charge in [0.2, 0.25) is 0 Å². The van der Waals surface area contributed by atoms with Crippen molar-refractivity contribution in [2.45, 2.75) is 28.5 Å². The van der Waals surface area contributed by atoms with E-state index in [0.29, 0.717) is 11.3 Å². The smallest absolute Gasteiger partial charge is 0.311 e. The van der Waals surface area contributed by atoms with Crippen molar-refractivity contribution in [2.24, 2.45) is 17.3 Å². The fourth-order valence-electron chi connectivity index (χ4n) is 3.60. The second kappa shape index (κ2) is 8.83.